The summed E-state index contributed by atoms with van der Waals surface area (Å²) in [5.74, 6) is 0.260. The summed E-state index contributed by atoms with van der Waals surface area (Å²) in [5.41, 5.74) is 8.07. The minimum atomic E-state index is 0.260. The van der Waals surface area contributed by atoms with Crippen LogP contribution in [0.3, 0.4) is 0 Å². The maximum atomic E-state index is 8.07. The van der Waals surface area contributed by atoms with Gasteiger partial charge in [0, 0.05) is 0 Å². The van der Waals surface area contributed by atoms with Crippen LogP contribution >= 0.6 is 0 Å². The SMILES string of the molecule is [N-]=[N+]=C1COCCO1. The number of ether oxygens (including phenoxy) is 2. The van der Waals surface area contributed by atoms with Gasteiger partial charge in [-0.25, -0.2) is 0 Å². The molecule has 1 aliphatic rings. The second-order valence-electron chi connectivity index (χ2n) is 1.39. The summed E-state index contributed by atoms with van der Waals surface area (Å²) < 4.78 is 9.66. The van der Waals surface area contributed by atoms with E-state index in [1.165, 1.54) is 0 Å². The molecule has 0 saturated carbocycles. The lowest BCUT2D eigenvalue weighted by molar-refractivity contribution is -0.0750. The normalized spacial score (nSPS) is 19.2. The molecule has 1 fully saturated rings. The summed E-state index contributed by atoms with van der Waals surface area (Å²) in [6, 6.07) is 0. The minimum absolute atomic E-state index is 0.260. The van der Waals surface area contributed by atoms with Crippen LogP contribution in [0.25, 0.3) is 5.53 Å². The Hall–Kier alpha value is -0.860. The minimum Gasteiger partial charge on any atom is -0.432 e. The van der Waals surface area contributed by atoms with Gasteiger partial charge in [-0.05, 0) is 0 Å². The maximum Gasteiger partial charge on any atom is 0.475 e. The van der Waals surface area contributed by atoms with Crippen LogP contribution in [0.4, 0.5) is 0 Å². The molecule has 4 nitrogen and oxygen atoms in total. The van der Waals surface area contributed by atoms with Crippen molar-refractivity contribution in [2.75, 3.05) is 19.8 Å². The molecule has 0 aromatic heterocycles. The zero-order valence-corrected chi connectivity index (χ0v) is 4.33. The van der Waals surface area contributed by atoms with Crippen molar-refractivity contribution in [3.63, 3.8) is 0 Å². The van der Waals surface area contributed by atoms with Crippen molar-refractivity contribution in [1.82, 2.24) is 0 Å². The maximum absolute atomic E-state index is 8.07. The van der Waals surface area contributed by atoms with Gasteiger partial charge in [-0.1, -0.05) is 0 Å². The van der Waals surface area contributed by atoms with Gasteiger partial charge in [0.05, 0.1) is 6.61 Å². The Morgan fingerprint density at radius 1 is 1.50 bits per heavy atom. The fourth-order valence-corrected chi connectivity index (χ4v) is 0.477. The predicted molar refractivity (Wildman–Crippen MR) is 25.4 cm³/mol. The van der Waals surface area contributed by atoms with Crippen molar-refractivity contribution in [3.8, 4) is 0 Å². The zero-order chi connectivity index (χ0) is 5.82. The average Bonchev–Trinajstić information content (AvgIpc) is 1.90. The fraction of sp³-hybridized carbons (Fsp3) is 0.750. The van der Waals surface area contributed by atoms with Crippen molar-refractivity contribution in [2.45, 2.75) is 0 Å². The highest BCUT2D eigenvalue weighted by molar-refractivity contribution is 5.71. The van der Waals surface area contributed by atoms with Crippen molar-refractivity contribution in [2.24, 2.45) is 0 Å². The van der Waals surface area contributed by atoms with Crippen LogP contribution in [-0.2, 0) is 9.47 Å². The molecule has 0 amide bonds. The van der Waals surface area contributed by atoms with E-state index in [1.807, 2.05) is 0 Å². The fourth-order valence-electron chi connectivity index (χ4n) is 0.477. The average molecular weight is 114 g/mol. The molecule has 0 N–H and O–H groups in total. The van der Waals surface area contributed by atoms with E-state index >= 15 is 0 Å². The Morgan fingerprint density at radius 2 is 2.38 bits per heavy atom. The van der Waals surface area contributed by atoms with Gasteiger partial charge in [0.15, 0.2) is 6.61 Å². The second-order valence-corrected chi connectivity index (χ2v) is 1.39. The second kappa shape index (κ2) is 2.45. The molecule has 1 aliphatic heterocycles. The third-order valence-electron chi connectivity index (χ3n) is 0.833. The van der Waals surface area contributed by atoms with Crippen LogP contribution in [0.1, 0.15) is 0 Å². The smallest absolute Gasteiger partial charge is 0.432 e. The van der Waals surface area contributed by atoms with Crippen molar-refractivity contribution in [1.29, 1.82) is 0 Å². The molecule has 0 aromatic carbocycles. The molecule has 0 bridgehead atoms. The third-order valence-corrected chi connectivity index (χ3v) is 0.833. The lowest BCUT2D eigenvalue weighted by Gasteiger charge is -2.06. The zero-order valence-electron chi connectivity index (χ0n) is 4.33. The lowest BCUT2D eigenvalue weighted by Crippen LogP contribution is -2.24. The van der Waals surface area contributed by atoms with E-state index in [0.29, 0.717) is 13.2 Å². The third kappa shape index (κ3) is 1.05. The molecule has 1 rings (SSSR count). The molecular formula is C4H6N2O2. The lowest BCUT2D eigenvalue weighted by atomic mass is 10.6. The molecule has 0 unspecified atom stereocenters. The Bertz CT molecular complexity index is 120. The quantitative estimate of drug-likeness (QED) is 0.319. The number of hydrogen-bond donors (Lipinski definition) is 0. The summed E-state index contributed by atoms with van der Waals surface area (Å²) in [5, 5.41) is 0. The molecule has 4 heteroatoms. The highest BCUT2D eigenvalue weighted by Gasteiger charge is 2.13. The topological polar surface area (TPSA) is 54.9 Å². The summed E-state index contributed by atoms with van der Waals surface area (Å²) >= 11 is 0. The summed E-state index contributed by atoms with van der Waals surface area (Å²) in [6.45, 7) is 1.36. The highest BCUT2D eigenvalue weighted by atomic mass is 16.6. The van der Waals surface area contributed by atoms with Crippen LogP contribution in [0, 0.1) is 0 Å². The molecule has 0 aliphatic carbocycles. The molecule has 44 valence electrons. The predicted octanol–water partition coefficient (Wildman–Crippen LogP) is -0.339. The first-order valence-corrected chi connectivity index (χ1v) is 2.35. The number of hydrogen-bond acceptors (Lipinski definition) is 2. The van der Waals surface area contributed by atoms with E-state index < -0.39 is 0 Å². The Labute approximate surface area is 46.6 Å². The van der Waals surface area contributed by atoms with Gasteiger partial charge in [-0.2, -0.15) is 0 Å². The molecule has 0 aromatic rings. The Balaban J connectivity index is 2.45. The molecule has 1 saturated heterocycles. The summed E-state index contributed by atoms with van der Waals surface area (Å²) in [6.07, 6.45) is 0. The van der Waals surface area contributed by atoms with Crippen LogP contribution in [0.15, 0.2) is 0 Å². The van der Waals surface area contributed by atoms with E-state index in [-0.39, 0.29) is 12.5 Å². The van der Waals surface area contributed by atoms with Crippen molar-refractivity contribution in [3.05, 3.63) is 5.53 Å². The van der Waals surface area contributed by atoms with Gasteiger partial charge < -0.3 is 15.0 Å². The highest BCUT2D eigenvalue weighted by Crippen LogP contribution is 1.88. The van der Waals surface area contributed by atoms with Crippen molar-refractivity contribution < 1.29 is 14.3 Å². The Morgan fingerprint density at radius 3 is 2.75 bits per heavy atom. The van der Waals surface area contributed by atoms with Crippen molar-refractivity contribution >= 4 is 5.90 Å². The van der Waals surface area contributed by atoms with Gasteiger partial charge in [-0.3, -0.25) is 0 Å². The molecule has 0 spiro atoms. The monoisotopic (exact) mass is 114 g/mol. The molecule has 1 heterocycles. The standard InChI is InChI=1S/C4H6N2O2/c5-6-4-3-7-1-2-8-4/h1-3H2. The van der Waals surface area contributed by atoms with E-state index in [2.05, 4.69) is 4.79 Å². The van der Waals surface area contributed by atoms with Crippen LogP contribution in [0.5, 0.6) is 0 Å². The van der Waals surface area contributed by atoms with E-state index in [1.54, 1.807) is 0 Å². The van der Waals surface area contributed by atoms with Crippen LogP contribution in [-0.4, -0.2) is 30.5 Å². The summed E-state index contributed by atoms with van der Waals surface area (Å²) in [4.78, 5) is 2.82. The molecule has 0 atom stereocenters. The van der Waals surface area contributed by atoms with Gasteiger partial charge >= 0.3 is 5.90 Å². The first-order chi connectivity index (χ1) is 3.93. The van der Waals surface area contributed by atoms with Crippen LogP contribution < -0.4 is 0 Å². The molecular weight excluding hydrogens is 108 g/mol. The van der Waals surface area contributed by atoms with Gasteiger partial charge in [-0.15, -0.1) is 4.79 Å². The van der Waals surface area contributed by atoms with Gasteiger partial charge in [0.25, 0.3) is 0 Å². The summed E-state index contributed by atoms with van der Waals surface area (Å²) in [7, 11) is 0. The molecule has 8 heavy (non-hydrogen) atoms. The first-order valence-electron chi connectivity index (χ1n) is 2.35. The van der Waals surface area contributed by atoms with E-state index in [0.717, 1.165) is 0 Å². The molecule has 0 radical (unpaired) electrons. The van der Waals surface area contributed by atoms with E-state index in [4.69, 9.17) is 15.0 Å². The Kier molecular flexibility index (Phi) is 1.62. The van der Waals surface area contributed by atoms with E-state index in [9.17, 15) is 0 Å². The largest absolute Gasteiger partial charge is 0.475 e. The van der Waals surface area contributed by atoms with Gasteiger partial charge in [0.2, 0.25) is 0 Å². The number of nitrogens with zero attached hydrogens (tertiary/aromatic N) is 2. The first kappa shape index (κ1) is 5.28. The van der Waals surface area contributed by atoms with Crippen LogP contribution in [0.2, 0.25) is 0 Å². The number of rotatable bonds is 0. The van der Waals surface area contributed by atoms with Gasteiger partial charge in [0.1, 0.15) is 6.61 Å².